The molecule has 0 atom stereocenters. The molecular weight excluding hydrogens is 170 g/mol. The molecule has 1 aliphatic heterocycles. The van der Waals surface area contributed by atoms with Crippen LogP contribution in [0.25, 0.3) is 0 Å². The molecule has 0 radical (unpaired) electrons. The van der Waals surface area contributed by atoms with Crippen LogP contribution in [0.1, 0.15) is 16.7 Å². The summed E-state index contributed by atoms with van der Waals surface area (Å²) in [4.78, 5) is 2.44. The van der Waals surface area contributed by atoms with Crippen LogP contribution < -0.4 is 0 Å². The first-order chi connectivity index (χ1) is 6.79. The van der Waals surface area contributed by atoms with Gasteiger partial charge in [0.25, 0.3) is 0 Å². The van der Waals surface area contributed by atoms with E-state index >= 15 is 0 Å². The number of nitrogens with zero attached hydrogens (tertiary/aromatic N) is 1. The molecule has 0 fully saturated rings. The lowest BCUT2D eigenvalue weighted by atomic mass is 9.98. The van der Waals surface area contributed by atoms with Gasteiger partial charge in [0, 0.05) is 19.6 Å². The van der Waals surface area contributed by atoms with Crippen LogP contribution >= 0.6 is 0 Å². The van der Waals surface area contributed by atoms with Gasteiger partial charge in [-0.2, -0.15) is 0 Å². The summed E-state index contributed by atoms with van der Waals surface area (Å²) in [6.07, 6.45) is 3.17. The lowest BCUT2D eigenvalue weighted by Gasteiger charge is -2.27. The van der Waals surface area contributed by atoms with Gasteiger partial charge in [0.05, 0.1) is 0 Å². The molecule has 0 saturated heterocycles. The number of aryl methyl sites for hydroxylation is 1. The predicted octanol–water partition coefficient (Wildman–Crippen LogP) is 2.54. The van der Waals surface area contributed by atoms with E-state index in [-0.39, 0.29) is 0 Å². The molecule has 1 aliphatic rings. The first-order valence-electron chi connectivity index (χ1n) is 5.21. The molecule has 1 aromatic rings. The Balaban J connectivity index is 2.18. The van der Waals surface area contributed by atoms with Crippen molar-refractivity contribution in [1.29, 1.82) is 0 Å². The SMILES string of the molecule is C=CCN1CCc2cc(C)ccc2C1. The van der Waals surface area contributed by atoms with Gasteiger partial charge in [-0.1, -0.05) is 29.8 Å². The molecule has 0 saturated carbocycles. The van der Waals surface area contributed by atoms with E-state index < -0.39 is 0 Å². The largest absolute Gasteiger partial charge is 0.295 e. The van der Waals surface area contributed by atoms with Crippen molar-refractivity contribution in [2.45, 2.75) is 19.9 Å². The fraction of sp³-hybridized carbons (Fsp3) is 0.385. The highest BCUT2D eigenvalue weighted by atomic mass is 15.1. The van der Waals surface area contributed by atoms with E-state index in [0.717, 1.165) is 13.1 Å². The van der Waals surface area contributed by atoms with E-state index in [1.54, 1.807) is 0 Å². The Hall–Kier alpha value is -1.08. The van der Waals surface area contributed by atoms with Crippen LogP contribution in [0.15, 0.2) is 30.9 Å². The zero-order valence-corrected chi connectivity index (χ0v) is 8.79. The van der Waals surface area contributed by atoms with E-state index in [1.807, 2.05) is 6.08 Å². The van der Waals surface area contributed by atoms with Crippen molar-refractivity contribution >= 4 is 0 Å². The Morgan fingerprint density at radius 2 is 2.29 bits per heavy atom. The Kier molecular flexibility index (Phi) is 2.69. The molecule has 0 aliphatic carbocycles. The number of fused-ring (bicyclic) bond motifs is 1. The molecule has 1 aromatic carbocycles. The molecule has 0 spiro atoms. The van der Waals surface area contributed by atoms with Gasteiger partial charge in [-0.25, -0.2) is 0 Å². The lowest BCUT2D eigenvalue weighted by Crippen LogP contribution is -2.30. The molecule has 0 amide bonds. The van der Waals surface area contributed by atoms with Crippen LogP contribution in [0.5, 0.6) is 0 Å². The van der Waals surface area contributed by atoms with Gasteiger partial charge < -0.3 is 0 Å². The van der Waals surface area contributed by atoms with Crippen LogP contribution in [-0.2, 0) is 13.0 Å². The van der Waals surface area contributed by atoms with Crippen LogP contribution in [0.3, 0.4) is 0 Å². The zero-order chi connectivity index (χ0) is 9.97. The van der Waals surface area contributed by atoms with Crippen LogP contribution in [-0.4, -0.2) is 18.0 Å². The van der Waals surface area contributed by atoms with E-state index in [9.17, 15) is 0 Å². The maximum atomic E-state index is 3.78. The summed E-state index contributed by atoms with van der Waals surface area (Å²) in [6.45, 7) is 9.21. The van der Waals surface area contributed by atoms with E-state index in [2.05, 4.69) is 36.6 Å². The van der Waals surface area contributed by atoms with E-state index in [0.29, 0.717) is 0 Å². The number of hydrogen-bond acceptors (Lipinski definition) is 1. The Bertz CT molecular complexity index is 341. The normalized spacial score (nSPS) is 16.4. The second kappa shape index (κ2) is 3.97. The maximum absolute atomic E-state index is 3.78. The minimum atomic E-state index is 1.01. The third-order valence-corrected chi connectivity index (χ3v) is 2.84. The first kappa shape index (κ1) is 9.47. The highest BCUT2D eigenvalue weighted by molar-refractivity contribution is 5.33. The molecule has 1 nitrogen and oxygen atoms in total. The van der Waals surface area contributed by atoms with Gasteiger partial charge in [0.15, 0.2) is 0 Å². The van der Waals surface area contributed by atoms with Crippen molar-refractivity contribution in [3.63, 3.8) is 0 Å². The minimum absolute atomic E-state index is 1.01. The summed E-state index contributed by atoms with van der Waals surface area (Å²) >= 11 is 0. The fourth-order valence-electron chi connectivity index (χ4n) is 2.08. The summed E-state index contributed by atoms with van der Waals surface area (Å²) in [5.41, 5.74) is 4.40. The maximum Gasteiger partial charge on any atom is 0.0239 e. The van der Waals surface area contributed by atoms with Crippen molar-refractivity contribution < 1.29 is 0 Å². The van der Waals surface area contributed by atoms with Crippen LogP contribution in [0.4, 0.5) is 0 Å². The summed E-state index contributed by atoms with van der Waals surface area (Å²) in [7, 11) is 0. The second-order valence-electron chi connectivity index (χ2n) is 4.05. The zero-order valence-electron chi connectivity index (χ0n) is 8.79. The van der Waals surface area contributed by atoms with Crippen LogP contribution in [0.2, 0.25) is 0 Å². The molecule has 0 aromatic heterocycles. The number of benzene rings is 1. The average Bonchev–Trinajstić information content (AvgIpc) is 2.19. The van der Waals surface area contributed by atoms with E-state index in [1.165, 1.54) is 29.7 Å². The smallest absolute Gasteiger partial charge is 0.0239 e. The predicted molar refractivity (Wildman–Crippen MR) is 60.4 cm³/mol. The lowest BCUT2D eigenvalue weighted by molar-refractivity contribution is 0.282. The second-order valence-corrected chi connectivity index (χ2v) is 4.05. The Morgan fingerprint density at radius 1 is 1.43 bits per heavy atom. The molecule has 14 heavy (non-hydrogen) atoms. The Labute approximate surface area is 86.1 Å². The molecule has 1 heteroatoms. The Morgan fingerprint density at radius 3 is 3.07 bits per heavy atom. The molecule has 1 heterocycles. The summed E-state index contributed by atoms with van der Waals surface area (Å²) in [5, 5.41) is 0. The van der Waals surface area contributed by atoms with Crippen molar-refractivity contribution in [2.24, 2.45) is 0 Å². The number of rotatable bonds is 2. The quantitative estimate of drug-likeness (QED) is 0.643. The summed E-state index contributed by atoms with van der Waals surface area (Å²) in [6, 6.07) is 6.79. The van der Waals surface area contributed by atoms with Gasteiger partial charge in [-0.05, 0) is 24.5 Å². The van der Waals surface area contributed by atoms with Gasteiger partial charge in [0.1, 0.15) is 0 Å². The van der Waals surface area contributed by atoms with Crippen LogP contribution in [0, 0.1) is 6.92 Å². The van der Waals surface area contributed by atoms with E-state index in [4.69, 9.17) is 0 Å². The molecular formula is C13H17N. The topological polar surface area (TPSA) is 3.24 Å². The first-order valence-corrected chi connectivity index (χ1v) is 5.21. The van der Waals surface area contributed by atoms with Gasteiger partial charge >= 0.3 is 0 Å². The van der Waals surface area contributed by atoms with Crippen molar-refractivity contribution in [3.05, 3.63) is 47.5 Å². The highest BCUT2D eigenvalue weighted by Crippen LogP contribution is 2.19. The third kappa shape index (κ3) is 1.88. The fourth-order valence-corrected chi connectivity index (χ4v) is 2.08. The van der Waals surface area contributed by atoms with Crippen molar-refractivity contribution in [3.8, 4) is 0 Å². The molecule has 74 valence electrons. The minimum Gasteiger partial charge on any atom is -0.295 e. The number of hydrogen-bond donors (Lipinski definition) is 0. The van der Waals surface area contributed by atoms with Crippen molar-refractivity contribution in [1.82, 2.24) is 4.90 Å². The molecule has 0 unspecified atom stereocenters. The molecule has 0 N–H and O–H groups in total. The highest BCUT2D eigenvalue weighted by Gasteiger charge is 2.14. The standard InChI is InChI=1S/C13H17N/c1-3-7-14-8-6-12-9-11(2)4-5-13(12)10-14/h3-5,9H,1,6-8,10H2,2H3. The monoisotopic (exact) mass is 187 g/mol. The average molecular weight is 187 g/mol. The molecule has 2 rings (SSSR count). The molecule has 0 bridgehead atoms. The summed E-state index contributed by atoms with van der Waals surface area (Å²) in [5.74, 6) is 0. The third-order valence-electron chi connectivity index (χ3n) is 2.84. The van der Waals surface area contributed by atoms with Crippen molar-refractivity contribution in [2.75, 3.05) is 13.1 Å². The summed E-state index contributed by atoms with van der Waals surface area (Å²) < 4.78 is 0. The van der Waals surface area contributed by atoms with Gasteiger partial charge in [-0.15, -0.1) is 6.58 Å². The van der Waals surface area contributed by atoms with Gasteiger partial charge in [-0.3, -0.25) is 4.90 Å². The van der Waals surface area contributed by atoms with Gasteiger partial charge in [0.2, 0.25) is 0 Å².